The van der Waals surface area contributed by atoms with Gasteiger partial charge in [0.15, 0.2) is 8.32 Å². The standard InChI is InChI=1S/C35H47N3O5Si/c1-23(36-21-33(43-44(6,7)35(2,3)4)25-13-15-31(40)28(18-25)22-39)16-24-12-14-29-27(17-24)19-30(38-29)34(41)37-20-26-10-8-9-11-32(26)42-5/h8-15,17-19,23,33,36,38-40H,16,20-22H2,1-7H3,(H,37,41)/t23-,33-/m1/s1. The van der Waals surface area contributed by atoms with Gasteiger partial charge in [0.1, 0.15) is 17.2 Å². The van der Waals surface area contributed by atoms with Crippen LogP contribution in [0.15, 0.2) is 66.7 Å². The van der Waals surface area contributed by atoms with Crippen molar-refractivity contribution in [2.45, 2.75) is 77.5 Å². The van der Waals surface area contributed by atoms with Gasteiger partial charge in [-0.25, -0.2) is 0 Å². The lowest BCUT2D eigenvalue weighted by Gasteiger charge is -2.40. The Labute approximate surface area is 261 Å². The molecule has 3 aromatic carbocycles. The molecule has 4 rings (SSSR count). The molecule has 0 unspecified atom stereocenters. The van der Waals surface area contributed by atoms with Crippen molar-refractivity contribution in [3.63, 3.8) is 0 Å². The molecule has 0 saturated carbocycles. The fourth-order valence-corrected chi connectivity index (χ4v) is 6.26. The van der Waals surface area contributed by atoms with Crippen molar-refractivity contribution in [3.05, 3.63) is 94.7 Å². The van der Waals surface area contributed by atoms with E-state index in [-0.39, 0.29) is 35.4 Å². The van der Waals surface area contributed by atoms with Crippen molar-refractivity contribution in [1.82, 2.24) is 15.6 Å². The van der Waals surface area contributed by atoms with Crippen molar-refractivity contribution in [2.24, 2.45) is 0 Å². The molecule has 8 nitrogen and oxygen atoms in total. The number of carbonyl (C=O) groups is 1. The molecule has 0 aliphatic carbocycles. The summed E-state index contributed by atoms with van der Waals surface area (Å²) in [5.41, 5.74) is 4.92. The van der Waals surface area contributed by atoms with Gasteiger partial charge in [0.2, 0.25) is 0 Å². The molecular formula is C35H47N3O5Si. The van der Waals surface area contributed by atoms with Crippen LogP contribution in [0.5, 0.6) is 11.5 Å². The molecule has 44 heavy (non-hydrogen) atoms. The Morgan fingerprint density at radius 1 is 1.02 bits per heavy atom. The number of phenols is 1. The number of amides is 1. The number of aliphatic hydroxyl groups is 1. The average Bonchev–Trinajstić information content (AvgIpc) is 3.41. The number of aromatic amines is 1. The van der Waals surface area contributed by atoms with E-state index in [1.54, 1.807) is 13.2 Å². The Kier molecular flexibility index (Phi) is 10.6. The summed E-state index contributed by atoms with van der Waals surface area (Å²) in [6.07, 6.45) is 0.564. The number of hydrogen-bond donors (Lipinski definition) is 5. The van der Waals surface area contributed by atoms with Crippen LogP contribution >= 0.6 is 0 Å². The first kappa shape index (κ1) is 33.3. The Morgan fingerprint density at radius 2 is 1.77 bits per heavy atom. The molecule has 9 heteroatoms. The second-order valence-corrected chi connectivity index (χ2v) is 17.8. The van der Waals surface area contributed by atoms with Crippen LogP contribution < -0.4 is 15.4 Å². The molecule has 1 heterocycles. The van der Waals surface area contributed by atoms with Gasteiger partial charge < -0.3 is 35.0 Å². The number of benzene rings is 3. The number of ether oxygens (including phenoxy) is 1. The molecular weight excluding hydrogens is 570 g/mol. The smallest absolute Gasteiger partial charge is 0.267 e. The van der Waals surface area contributed by atoms with Crippen LogP contribution in [0.4, 0.5) is 0 Å². The summed E-state index contributed by atoms with van der Waals surface area (Å²) >= 11 is 0. The zero-order chi connectivity index (χ0) is 32.1. The van der Waals surface area contributed by atoms with E-state index in [4.69, 9.17) is 9.16 Å². The molecule has 1 amide bonds. The minimum atomic E-state index is -2.11. The number of methoxy groups -OCH3 is 1. The lowest BCUT2D eigenvalue weighted by molar-refractivity contribution is 0.0946. The summed E-state index contributed by atoms with van der Waals surface area (Å²) in [7, 11) is -0.491. The van der Waals surface area contributed by atoms with E-state index in [0.717, 1.165) is 39.8 Å². The second-order valence-electron chi connectivity index (χ2n) is 13.0. The van der Waals surface area contributed by atoms with E-state index in [1.807, 2.05) is 48.5 Å². The second kappa shape index (κ2) is 14.0. The van der Waals surface area contributed by atoms with E-state index in [9.17, 15) is 15.0 Å². The summed E-state index contributed by atoms with van der Waals surface area (Å²) in [4.78, 5) is 16.1. The number of aromatic nitrogens is 1. The molecule has 0 aliphatic heterocycles. The number of carbonyl (C=O) groups excluding carboxylic acids is 1. The van der Waals surface area contributed by atoms with E-state index >= 15 is 0 Å². The third-order valence-corrected chi connectivity index (χ3v) is 13.1. The predicted octanol–water partition coefficient (Wildman–Crippen LogP) is 6.59. The number of hydrogen-bond acceptors (Lipinski definition) is 6. The van der Waals surface area contributed by atoms with E-state index in [1.165, 1.54) is 0 Å². The molecule has 0 saturated heterocycles. The Morgan fingerprint density at radius 3 is 2.48 bits per heavy atom. The molecule has 0 bridgehead atoms. The molecule has 0 aliphatic rings. The van der Waals surface area contributed by atoms with Gasteiger partial charge in [-0.05, 0) is 79.0 Å². The maximum atomic E-state index is 12.9. The number of aliphatic hydroxyl groups excluding tert-OH is 1. The van der Waals surface area contributed by atoms with E-state index < -0.39 is 8.32 Å². The highest BCUT2D eigenvalue weighted by atomic mass is 28.4. The number of nitrogens with one attached hydrogen (secondary N) is 3. The third-order valence-electron chi connectivity index (χ3n) is 8.64. The monoisotopic (exact) mass is 617 g/mol. The number of rotatable bonds is 13. The Hall–Kier alpha value is -3.63. The molecule has 236 valence electrons. The zero-order valence-corrected chi connectivity index (χ0v) is 28.0. The van der Waals surface area contributed by atoms with Crippen molar-refractivity contribution >= 4 is 25.1 Å². The van der Waals surface area contributed by atoms with Crippen molar-refractivity contribution in [2.75, 3.05) is 13.7 Å². The maximum absolute atomic E-state index is 12.9. The van der Waals surface area contributed by atoms with Crippen LogP contribution in [0.1, 0.15) is 66.5 Å². The minimum Gasteiger partial charge on any atom is -0.508 e. The lowest BCUT2D eigenvalue weighted by Crippen LogP contribution is -2.44. The predicted molar refractivity (Wildman–Crippen MR) is 179 cm³/mol. The molecule has 0 fully saturated rings. The van der Waals surface area contributed by atoms with Crippen molar-refractivity contribution in [3.8, 4) is 11.5 Å². The Balaban J connectivity index is 1.42. The van der Waals surface area contributed by atoms with Crippen LogP contribution in [0.25, 0.3) is 10.9 Å². The van der Waals surface area contributed by atoms with Crippen molar-refractivity contribution < 1.29 is 24.2 Å². The first-order chi connectivity index (χ1) is 20.8. The maximum Gasteiger partial charge on any atom is 0.267 e. The van der Waals surface area contributed by atoms with E-state index in [2.05, 4.69) is 68.5 Å². The van der Waals surface area contributed by atoms with Crippen LogP contribution in [0.3, 0.4) is 0 Å². The van der Waals surface area contributed by atoms with Gasteiger partial charge in [-0.3, -0.25) is 4.79 Å². The Bertz CT molecular complexity index is 1580. The van der Waals surface area contributed by atoms with Gasteiger partial charge in [-0.1, -0.05) is 51.1 Å². The molecule has 0 radical (unpaired) electrons. The summed E-state index contributed by atoms with van der Waals surface area (Å²) < 4.78 is 12.2. The largest absolute Gasteiger partial charge is 0.508 e. The summed E-state index contributed by atoms with van der Waals surface area (Å²) in [5, 5.41) is 27.5. The highest BCUT2D eigenvalue weighted by Gasteiger charge is 2.39. The lowest BCUT2D eigenvalue weighted by atomic mass is 10.0. The summed E-state index contributed by atoms with van der Waals surface area (Å²) in [6, 6.07) is 21.3. The minimum absolute atomic E-state index is 0.0315. The first-order valence-electron chi connectivity index (χ1n) is 15.2. The van der Waals surface area contributed by atoms with Crippen LogP contribution in [-0.2, 0) is 24.0 Å². The zero-order valence-electron chi connectivity index (χ0n) is 27.0. The molecule has 0 spiro atoms. The van der Waals surface area contributed by atoms with Crippen molar-refractivity contribution in [1.29, 1.82) is 0 Å². The fourth-order valence-electron chi connectivity index (χ4n) is 4.98. The first-order valence-corrected chi connectivity index (χ1v) is 18.1. The average molecular weight is 618 g/mol. The number of fused-ring (bicyclic) bond motifs is 1. The van der Waals surface area contributed by atoms with Gasteiger partial charge in [-0.15, -0.1) is 0 Å². The van der Waals surface area contributed by atoms with Gasteiger partial charge in [0.25, 0.3) is 5.91 Å². The highest BCUT2D eigenvalue weighted by molar-refractivity contribution is 6.74. The van der Waals surface area contributed by atoms with Crippen LogP contribution in [0.2, 0.25) is 18.1 Å². The van der Waals surface area contributed by atoms with E-state index in [0.29, 0.717) is 24.3 Å². The summed E-state index contributed by atoms with van der Waals surface area (Å²) in [5.74, 6) is 0.656. The third kappa shape index (κ3) is 8.09. The van der Waals surface area contributed by atoms with Crippen LogP contribution in [0, 0.1) is 0 Å². The topological polar surface area (TPSA) is 116 Å². The SMILES string of the molecule is COc1ccccc1CNC(=O)c1cc2cc(C[C@@H](C)NC[C@@H](O[Si](C)(C)C(C)(C)C)c3ccc(O)c(CO)c3)ccc2[nH]1. The number of H-pyrrole nitrogens is 1. The summed E-state index contributed by atoms with van der Waals surface area (Å²) in [6.45, 7) is 14.0. The normalized spacial score (nSPS) is 13.5. The fraction of sp³-hybridized carbons (Fsp3) is 0.400. The highest BCUT2D eigenvalue weighted by Crippen LogP contribution is 2.40. The van der Waals surface area contributed by atoms with Gasteiger partial charge >= 0.3 is 0 Å². The van der Waals surface area contributed by atoms with Gasteiger partial charge in [0, 0.05) is 41.2 Å². The van der Waals surface area contributed by atoms with Gasteiger partial charge in [0.05, 0.1) is 19.8 Å². The van der Waals surface area contributed by atoms with Crippen LogP contribution in [-0.4, -0.2) is 49.1 Å². The quantitative estimate of drug-likeness (QED) is 0.108. The number of aromatic hydroxyl groups is 1. The molecule has 4 aromatic rings. The molecule has 5 N–H and O–H groups in total. The van der Waals surface area contributed by atoms with Gasteiger partial charge in [-0.2, -0.15) is 0 Å². The molecule has 1 aromatic heterocycles. The molecule has 2 atom stereocenters. The number of para-hydroxylation sites is 1.